The lowest BCUT2D eigenvalue weighted by molar-refractivity contribution is 0.0919. The van der Waals surface area contributed by atoms with Crippen molar-refractivity contribution in [1.82, 2.24) is 15.2 Å². The number of rotatable bonds is 5. The van der Waals surface area contributed by atoms with Crippen molar-refractivity contribution in [2.75, 3.05) is 13.1 Å². The lowest BCUT2D eigenvalue weighted by Gasteiger charge is -2.36. The highest BCUT2D eigenvalue weighted by Gasteiger charge is 2.26. The molecule has 29 heavy (non-hydrogen) atoms. The van der Waals surface area contributed by atoms with Crippen LogP contribution in [0.25, 0.3) is 0 Å². The second-order valence-corrected chi connectivity index (χ2v) is 7.10. The minimum atomic E-state index is -0.868. The van der Waals surface area contributed by atoms with Gasteiger partial charge < -0.3 is 5.32 Å². The summed E-state index contributed by atoms with van der Waals surface area (Å²) in [4.78, 5) is 18.9. The average Bonchev–Trinajstić information content (AvgIpc) is 2.74. The van der Waals surface area contributed by atoms with Crippen LogP contribution < -0.4 is 5.32 Å². The van der Waals surface area contributed by atoms with Gasteiger partial charge in [0.25, 0.3) is 5.91 Å². The van der Waals surface area contributed by atoms with Gasteiger partial charge >= 0.3 is 0 Å². The summed E-state index contributed by atoms with van der Waals surface area (Å²) in [6.07, 6.45) is 4.36. The number of halogens is 2. The van der Waals surface area contributed by atoms with Crippen LogP contribution in [0.15, 0.2) is 67.0 Å². The summed E-state index contributed by atoms with van der Waals surface area (Å²) in [6, 6.07) is 15.3. The first-order valence-corrected chi connectivity index (χ1v) is 9.56. The van der Waals surface area contributed by atoms with Crippen LogP contribution in [0.3, 0.4) is 0 Å². The van der Waals surface area contributed by atoms with Gasteiger partial charge in [-0.05, 0) is 41.3 Å². The zero-order chi connectivity index (χ0) is 20.2. The van der Waals surface area contributed by atoms with Gasteiger partial charge in [-0.1, -0.05) is 36.4 Å². The van der Waals surface area contributed by atoms with E-state index >= 15 is 0 Å². The molecule has 0 bridgehead atoms. The molecule has 1 aromatic heterocycles. The van der Waals surface area contributed by atoms with Gasteiger partial charge in [0, 0.05) is 32.0 Å². The number of amides is 1. The van der Waals surface area contributed by atoms with Gasteiger partial charge in [-0.3, -0.25) is 14.7 Å². The molecule has 1 atom stereocenters. The van der Waals surface area contributed by atoms with Gasteiger partial charge in [-0.15, -0.1) is 0 Å². The monoisotopic (exact) mass is 393 g/mol. The molecule has 3 aromatic rings. The fraction of sp³-hybridized carbons (Fsp3) is 0.217. The molecule has 2 aromatic carbocycles. The van der Waals surface area contributed by atoms with Gasteiger partial charge in [-0.25, -0.2) is 8.78 Å². The lowest BCUT2D eigenvalue weighted by Crippen LogP contribution is -2.41. The highest BCUT2D eigenvalue weighted by Crippen LogP contribution is 2.27. The van der Waals surface area contributed by atoms with E-state index in [2.05, 4.69) is 27.3 Å². The third-order valence-electron chi connectivity index (χ3n) is 5.32. The SMILES string of the molecule is O=C(NC[C@H](c1cccnc1)N1CCc2ccccc2C1)c1c(F)cccc1F. The van der Waals surface area contributed by atoms with Crippen LogP contribution in [0.1, 0.15) is 33.1 Å². The summed E-state index contributed by atoms with van der Waals surface area (Å²) >= 11 is 0. The largest absolute Gasteiger partial charge is 0.350 e. The number of aromatic nitrogens is 1. The molecule has 148 valence electrons. The Morgan fingerprint density at radius 2 is 1.79 bits per heavy atom. The van der Waals surface area contributed by atoms with E-state index in [1.165, 1.54) is 17.2 Å². The Hall–Kier alpha value is -3.12. The Morgan fingerprint density at radius 1 is 1.03 bits per heavy atom. The van der Waals surface area contributed by atoms with E-state index in [9.17, 15) is 13.6 Å². The molecule has 4 rings (SSSR count). The summed E-state index contributed by atoms with van der Waals surface area (Å²) in [5.74, 6) is -2.49. The zero-order valence-corrected chi connectivity index (χ0v) is 15.8. The van der Waals surface area contributed by atoms with Crippen LogP contribution in [0.5, 0.6) is 0 Å². The molecule has 0 spiro atoms. The lowest BCUT2D eigenvalue weighted by atomic mass is 9.97. The molecule has 6 heteroatoms. The molecule has 0 aliphatic carbocycles. The van der Waals surface area contributed by atoms with Crippen molar-refractivity contribution in [1.29, 1.82) is 0 Å². The fourth-order valence-electron chi connectivity index (χ4n) is 3.81. The first-order chi connectivity index (χ1) is 14.1. The average molecular weight is 393 g/mol. The predicted molar refractivity (Wildman–Crippen MR) is 106 cm³/mol. The predicted octanol–water partition coefficient (Wildman–Crippen LogP) is 3.89. The molecule has 1 aliphatic heterocycles. The summed E-state index contributed by atoms with van der Waals surface area (Å²) < 4.78 is 27.9. The molecule has 2 heterocycles. The fourth-order valence-corrected chi connectivity index (χ4v) is 3.81. The first-order valence-electron chi connectivity index (χ1n) is 9.56. The maximum absolute atomic E-state index is 13.9. The standard InChI is InChI=1S/C23H21F2N3O/c24-19-8-3-9-20(25)22(19)23(29)27-14-21(17-7-4-11-26-13-17)28-12-10-16-5-1-2-6-18(16)15-28/h1-9,11,13,21H,10,12,14-15H2,(H,27,29)/t21-/m1/s1. The molecule has 4 nitrogen and oxygen atoms in total. The van der Waals surface area contributed by atoms with Gasteiger partial charge in [0.05, 0.1) is 6.04 Å². The molecule has 0 fully saturated rings. The number of nitrogens with zero attached hydrogens (tertiary/aromatic N) is 2. The number of benzene rings is 2. The van der Waals surface area contributed by atoms with E-state index in [1.807, 2.05) is 24.3 Å². The zero-order valence-electron chi connectivity index (χ0n) is 15.8. The minimum absolute atomic E-state index is 0.157. The number of carbonyl (C=O) groups excluding carboxylic acids is 1. The van der Waals surface area contributed by atoms with Crippen molar-refractivity contribution in [2.45, 2.75) is 19.0 Å². The third kappa shape index (κ3) is 4.17. The number of hydrogen-bond donors (Lipinski definition) is 1. The number of hydrogen-bond acceptors (Lipinski definition) is 3. The van der Waals surface area contributed by atoms with Crippen molar-refractivity contribution in [3.05, 3.63) is 101 Å². The Bertz CT molecular complexity index is 990. The Labute approximate surface area is 168 Å². The van der Waals surface area contributed by atoms with Crippen LogP contribution in [0, 0.1) is 11.6 Å². The summed E-state index contributed by atoms with van der Waals surface area (Å²) in [6.45, 7) is 1.78. The van der Waals surface area contributed by atoms with Crippen molar-refractivity contribution in [2.24, 2.45) is 0 Å². The quantitative estimate of drug-likeness (QED) is 0.715. The van der Waals surface area contributed by atoms with Crippen molar-refractivity contribution in [3.63, 3.8) is 0 Å². The maximum Gasteiger partial charge on any atom is 0.257 e. The maximum atomic E-state index is 13.9. The minimum Gasteiger partial charge on any atom is -0.350 e. The topological polar surface area (TPSA) is 45.2 Å². The normalized spacial score (nSPS) is 14.8. The molecule has 1 aliphatic rings. The van der Waals surface area contributed by atoms with Crippen LogP contribution in [0.4, 0.5) is 8.78 Å². The second kappa shape index (κ2) is 8.49. The Kier molecular flexibility index (Phi) is 5.62. The Morgan fingerprint density at radius 3 is 2.52 bits per heavy atom. The van der Waals surface area contributed by atoms with E-state index in [0.717, 1.165) is 37.2 Å². The molecule has 0 saturated carbocycles. The molecule has 1 amide bonds. The smallest absolute Gasteiger partial charge is 0.257 e. The highest BCUT2D eigenvalue weighted by atomic mass is 19.1. The number of fused-ring (bicyclic) bond motifs is 1. The van der Waals surface area contributed by atoms with E-state index in [0.29, 0.717) is 0 Å². The summed E-state index contributed by atoms with van der Waals surface area (Å²) in [5.41, 5.74) is 2.97. The molecular formula is C23H21F2N3O. The summed E-state index contributed by atoms with van der Waals surface area (Å²) in [5, 5.41) is 2.71. The first kappa shape index (κ1) is 19.2. The van der Waals surface area contributed by atoms with Gasteiger partial charge in [0.2, 0.25) is 0 Å². The number of carbonyl (C=O) groups is 1. The molecule has 0 radical (unpaired) electrons. The van der Waals surface area contributed by atoms with E-state index in [-0.39, 0.29) is 12.6 Å². The second-order valence-electron chi connectivity index (χ2n) is 7.10. The third-order valence-corrected chi connectivity index (χ3v) is 5.32. The van der Waals surface area contributed by atoms with Gasteiger partial charge in [-0.2, -0.15) is 0 Å². The van der Waals surface area contributed by atoms with Crippen LogP contribution in [-0.2, 0) is 13.0 Å². The van der Waals surface area contributed by atoms with Crippen LogP contribution >= 0.6 is 0 Å². The Balaban J connectivity index is 1.55. The van der Waals surface area contributed by atoms with Crippen molar-refractivity contribution in [3.8, 4) is 0 Å². The molecular weight excluding hydrogens is 372 g/mol. The molecule has 0 unspecified atom stereocenters. The van der Waals surface area contributed by atoms with Crippen LogP contribution in [-0.4, -0.2) is 28.9 Å². The summed E-state index contributed by atoms with van der Waals surface area (Å²) in [7, 11) is 0. The molecule has 0 saturated heterocycles. The van der Waals surface area contributed by atoms with Crippen molar-refractivity contribution >= 4 is 5.91 Å². The number of nitrogens with one attached hydrogen (secondary N) is 1. The highest BCUT2D eigenvalue weighted by molar-refractivity contribution is 5.94. The van der Waals surface area contributed by atoms with E-state index < -0.39 is 23.1 Å². The van der Waals surface area contributed by atoms with Crippen LogP contribution in [0.2, 0.25) is 0 Å². The number of pyridine rings is 1. The molecule has 1 N–H and O–H groups in total. The van der Waals surface area contributed by atoms with Gasteiger partial charge in [0.15, 0.2) is 0 Å². The van der Waals surface area contributed by atoms with Crippen molar-refractivity contribution < 1.29 is 13.6 Å². The van der Waals surface area contributed by atoms with E-state index in [4.69, 9.17) is 0 Å². The van der Waals surface area contributed by atoms with Gasteiger partial charge in [0.1, 0.15) is 17.2 Å². The van der Waals surface area contributed by atoms with E-state index in [1.54, 1.807) is 12.4 Å².